The zero-order valence-electron chi connectivity index (χ0n) is 11.1. The minimum Gasteiger partial charge on any atom is -0.495 e. The van der Waals surface area contributed by atoms with Crippen molar-refractivity contribution in [2.24, 2.45) is 0 Å². The molecule has 1 aromatic heterocycles. The van der Waals surface area contributed by atoms with E-state index in [2.05, 4.69) is 5.32 Å². The maximum atomic E-state index is 11.8. The van der Waals surface area contributed by atoms with Gasteiger partial charge in [0.05, 0.1) is 12.1 Å². The van der Waals surface area contributed by atoms with Crippen molar-refractivity contribution >= 4 is 40.6 Å². The third kappa shape index (κ3) is 3.85. The van der Waals surface area contributed by atoms with E-state index in [-0.39, 0.29) is 5.91 Å². The average Bonchev–Trinajstić information content (AvgIpc) is 2.82. The minimum atomic E-state index is -0.197. The first-order valence-electron chi connectivity index (χ1n) is 5.97. The summed E-state index contributed by atoms with van der Waals surface area (Å²) in [6.07, 6.45) is 3.29. The maximum absolute atomic E-state index is 11.8. The molecule has 1 aromatic carbocycles. The summed E-state index contributed by atoms with van der Waals surface area (Å²) in [7, 11) is 1.55. The third-order valence-corrected chi connectivity index (χ3v) is 3.84. The van der Waals surface area contributed by atoms with E-state index in [9.17, 15) is 4.79 Å². The van der Waals surface area contributed by atoms with Gasteiger partial charge in [0.1, 0.15) is 5.75 Å². The first-order valence-corrected chi connectivity index (χ1v) is 7.17. The van der Waals surface area contributed by atoms with E-state index in [4.69, 9.17) is 16.3 Å². The summed E-state index contributed by atoms with van der Waals surface area (Å²) in [6.45, 7) is 2.03. The maximum Gasteiger partial charge on any atom is 0.248 e. The number of hydrogen-bond acceptors (Lipinski definition) is 3. The van der Waals surface area contributed by atoms with E-state index in [1.165, 1.54) is 11.0 Å². The lowest BCUT2D eigenvalue weighted by atomic mass is 10.3. The van der Waals surface area contributed by atoms with Crippen LogP contribution in [0.3, 0.4) is 0 Å². The SMILES string of the molecule is COc1ccc(NC(=O)/C=C/c2ccc(C)s2)cc1Cl. The molecule has 0 unspecified atom stereocenters. The highest BCUT2D eigenvalue weighted by Gasteiger charge is 2.03. The molecular formula is C15H14ClNO2S. The van der Waals surface area contributed by atoms with Crippen LogP contribution in [0.2, 0.25) is 5.02 Å². The highest BCUT2D eigenvalue weighted by molar-refractivity contribution is 7.12. The van der Waals surface area contributed by atoms with E-state index >= 15 is 0 Å². The average molecular weight is 308 g/mol. The largest absolute Gasteiger partial charge is 0.495 e. The Labute approximate surface area is 126 Å². The van der Waals surface area contributed by atoms with Crippen molar-refractivity contribution in [3.63, 3.8) is 0 Å². The van der Waals surface area contributed by atoms with E-state index < -0.39 is 0 Å². The number of halogens is 1. The van der Waals surface area contributed by atoms with Crippen molar-refractivity contribution in [3.8, 4) is 5.75 Å². The standard InChI is InChI=1S/C15H14ClNO2S/c1-10-3-5-12(20-10)6-8-15(18)17-11-4-7-14(19-2)13(16)9-11/h3-9H,1-2H3,(H,17,18)/b8-6+. The molecule has 0 spiro atoms. The van der Waals surface area contributed by atoms with E-state index in [1.54, 1.807) is 42.7 Å². The van der Waals surface area contributed by atoms with Crippen LogP contribution in [0.1, 0.15) is 9.75 Å². The van der Waals surface area contributed by atoms with Gasteiger partial charge < -0.3 is 10.1 Å². The van der Waals surface area contributed by atoms with Gasteiger partial charge in [0, 0.05) is 21.5 Å². The Morgan fingerprint density at radius 1 is 1.35 bits per heavy atom. The lowest BCUT2D eigenvalue weighted by Gasteiger charge is -2.06. The number of ether oxygens (including phenoxy) is 1. The molecule has 1 amide bonds. The van der Waals surface area contributed by atoms with Gasteiger partial charge in [-0.3, -0.25) is 4.79 Å². The van der Waals surface area contributed by atoms with Crippen molar-refractivity contribution in [2.45, 2.75) is 6.92 Å². The summed E-state index contributed by atoms with van der Waals surface area (Å²) in [4.78, 5) is 14.1. The highest BCUT2D eigenvalue weighted by atomic mass is 35.5. The number of thiophene rings is 1. The van der Waals surface area contributed by atoms with Gasteiger partial charge in [-0.2, -0.15) is 0 Å². The molecule has 0 bridgehead atoms. The fraction of sp³-hybridized carbons (Fsp3) is 0.133. The summed E-state index contributed by atoms with van der Waals surface area (Å²) in [6, 6.07) is 9.11. The lowest BCUT2D eigenvalue weighted by Crippen LogP contribution is -2.07. The fourth-order valence-electron chi connectivity index (χ4n) is 1.63. The van der Waals surface area contributed by atoms with Crippen LogP contribution in [0.5, 0.6) is 5.75 Å². The Balaban J connectivity index is 2.01. The summed E-state index contributed by atoms with van der Waals surface area (Å²) < 4.78 is 5.06. The monoisotopic (exact) mass is 307 g/mol. The molecule has 20 heavy (non-hydrogen) atoms. The third-order valence-electron chi connectivity index (χ3n) is 2.58. The molecule has 0 aliphatic heterocycles. The second-order valence-corrected chi connectivity index (χ2v) is 5.85. The smallest absolute Gasteiger partial charge is 0.248 e. The topological polar surface area (TPSA) is 38.3 Å². The van der Waals surface area contributed by atoms with Crippen molar-refractivity contribution in [3.05, 3.63) is 51.2 Å². The fourth-order valence-corrected chi connectivity index (χ4v) is 2.67. The Morgan fingerprint density at radius 2 is 2.15 bits per heavy atom. The Hall–Kier alpha value is -1.78. The van der Waals surface area contributed by atoms with Crippen LogP contribution >= 0.6 is 22.9 Å². The number of carbonyl (C=O) groups is 1. The number of anilines is 1. The number of rotatable bonds is 4. The molecule has 104 valence electrons. The molecule has 2 aromatic rings. The molecule has 2 rings (SSSR count). The second-order valence-electron chi connectivity index (χ2n) is 4.12. The molecule has 0 saturated carbocycles. The zero-order valence-corrected chi connectivity index (χ0v) is 12.7. The van der Waals surface area contributed by atoms with Gasteiger partial charge in [0.2, 0.25) is 5.91 Å². The number of hydrogen-bond donors (Lipinski definition) is 1. The normalized spacial score (nSPS) is 10.8. The van der Waals surface area contributed by atoms with Crippen molar-refractivity contribution in [1.29, 1.82) is 0 Å². The van der Waals surface area contributed by atoms with Crippen LogP contribution in [0.4, 0.5) is 5.69 Å². The van der Waals surface area contributed by atoms with Gasteiger partial charge in [0.15, 0.2) is 0 Å². The molecule has 1 N–H and O–H groups in total. The van der Waals surface area contributed by atoms with Gasteiger partial charge in [-0.1, -0.05) is 11.6 Å². The minimum absolute atomic E-state index is 0.197. The molecule has 0 radical (unpaired) electrons. The number of aryl methyl sites for hydroxylation is 1. The van der Waals surface area contributed by atoms with Crippen LogP contribution in [-0.4, -0.2) is 13.0 Å². The highest BCUT2D eigenvalue weighted by Crippen LogP contribution is 2.27. The molecule has 1 heterocycles. The molecule has 3 nitrogen and oxygen atoms in total. The van der Waals surface area contributed by atoms with Crippen molar-refractivity contribution in [2.75, 3.05) is 12.4 Å². The van der Waals surface area contributed by atoms with Crippen LogP contribution in [-0.2, 0) is 4.79 Å². The van der Waals surface area contributed by atoms with Gasteiger partial charge >= 0.3 is 0 Å². The number of carbonyl (C=O) groups excluding carboxylic acids is 1. The van der Waals surface area contributed by atoms with E-state index in [0.29, 0.717) is 16.5 Å². The van der Waals surface area contributed by atoms with Crippen LogP contribution in [0, 0.1) is 6.92 Å². The van der Waals surface area contributed by atoms with Gasteiger partial charge in [0.25, 0.3) is 0 Å². The Bertz CT molecular complexity index is 649. The number of methoxy groups -OCH3 is 1. The molecule has 0 fully saturated rings. The van der Waals surface area contributed by atoms with E-state index in [1.807, 2.05) is 19.1 Å². The summed E-state index contributed by atoms with van der Waals surface area (Å²) in [5.41, 5.74) is 0.632. The van der Waals surface area contributed by atoms with Gasteiger partial charge in [-0.25, -0.2) is 0 Å². The first kappa shape index (κ1) is 14.6. The predicted octanol–water partition coefficient (Wildman–Crippen LogP) is 4.37. The quantitative estimate of drug-likeness (QED) is 0.852. The molecule has 0 atom stereocenters. The number of benzene rings is 1. The van der Waals surface area contributed by atoms with Crippen LogP contribution in [0.15, 0.2) is 36.4 Å². The molecule has 0 saturated heterocycles. The second kappa shape index (κ2) is 6.59. The van der Waals surface area contributed by atoms with Crippen LogP contribution < -0.4 is 10.1 Å². The molecule has 0 aliphatic carbocycles. The van der Waals surface area contributed by atoms with E-state index in [0.717, 1.165) is 4.88 Å². The number of amides is 1. The predicted molar refractivity (Wildman–Crippen MR) is 84.7 cm³/mol. The van der Waals surface area contributed by atoms with Gasteiger partial charge in [-0.15, -0.1) is 11.3 Å². The molecular weight excluding hydrogens is 294 g/mol. The molecule has 5 heteroatoms. The summed E-state index contributed by atoms with van der Waals surface area (Å²) in [5, 5.41) is 3.21. The Morgan fingerprint density at radius 3 is 2.75 bits per heavy atom. The Kier molecular flexibility index (Phi) is 4.82. The number of nitrogens with one attached hydrogen (secondary N) is 1. The first-order chi connectivity index (χ1) is 9.58. The van der Waals surface area contributed by atoms with Gasteiger partial charge in [-0.05, 0) is 43.3 Å². The lowest BCUT2D eigenvalue weighted by molar-refractivity contribution is -0.111. The molecule has 0 aliphatic rings. The van der Waals surface area contributed by atoms with Crippen LogP contribution in [0.25, 0.3) is 6.08 Å². The summed E-state index contributed by atoms with van der Waals surface area (Å²) >= 11 is 7.63. The van der Waals surface area contributed by atoms with Crippen molar-refractivity contribution < 1.29 is 9.53 Å². The summed E-state index contributed by atoms with van der Waals surface area (Å²) in [5.74, 6) is 0.381. The van der Waals surface area contributed by atoms with Crippen molar-refractivity contribution in [1.82, 2.24) is 0 Å². The zero-order chi connectivity index (χ0) is 14.5.